The summed E-state index contributed by atoms with van der Waals surface area (Å²) in [5, 5.41) is 18.3. The maximum atomic E-state index is 11.1. The van der Waals surface area contributed by atoms with Crippen molar-refractivity contribution < 1.29 is 19.7 Å². The highest BCUT2D eigenvalue weighted by molar-refractivity contribution is 5.93. The highest BCUT2D eigenvalue weighted by atomic mass is 16.5. The number of rotatable bonds is 0. The van der Waals surface area contributed by atoms with Gasteiger partial charge >= 0.3 is 5.97 Å². The Morgan fingerprint density at radius 3 is 2.50 bits per heavy atom. The molecule has 0 aromatic heterocycles. The lowest BCUT2D eigenvalue weighted by Crippen LogP contribution is -1.96. The standard InChI is InChI=1S/C9H6O5/c10-6-1-4-3-14-9(13)5(4)2-7(11)8(6)12/h1-2H,3H2,(H2,10,11,12). The van der Waals surface area contributed by atoms with Gasteiger partial charge in [0.05, 0.1) is 5.56 Å². The van der Waals surface area contributed by atoms with Gasteiger partial charge in [0.1, 0.15) is 6.61 Å². The van der Waals surface area contributed by atoms with Crippen molar-refractivity contribution in [2.24, 2.45) is 0 Å². The average molecular weight is 194 g/mol. The first-order valence-corrected chi connectivity index (χ1v) is 3.86. The first-order valence-electron chi connectivity index (χ1n) is 3.86. The molecule has 2 N–H and O–H groups in total. The molecular weight excluding hydrogens is 188 g/mol. The van der Waals surface area contributed by atoms with Crippen LogP contribution in [0.4, 0.5) is 0 Å². The van der Waals surface area contributed by atoms with E-state index in [1.54, 1.807) is 0 Å². The van der Waals surface area contributed by atoms with Gasteiger partial charge in [-0.15, -0.1) is 0 Å². The third-order valence-electron chi connectivity index (χ3n) is 1.98. The molecule has 1 aliphatic rings. The minimum atomic E-state index is -0.896. The van der Waals surface area contributed by atoms with Crippen molar-refractivity contribution >= 4 is 5.97 Å². The summed E-state index contributed by atoms with van der Waals surface area (Å²) in [5.41, 5.74) is -0.392. The second-order valence-electron chi connectivity index (χ2n) is 2.90. The molecule has 14 heavy (non-hydrogen) atoms. The number of esters is 1. The average Bonchev–Trinajstić information content (AvgIpc) is 2.43. The molecule has 72 valence electrons. The molecule has 0 radical (unpaired) electrons. The monoisotopic (exact) mass is 194 g/mol. The Bertz CT molecular complexity index is 477. The highest BCUT2D eigenvalue weighted by Crippen LogP contribution is 2.23. The van der Waals surface area contributed by atoms with Crippen LogP contribution in [-0.2, 0) is 11.3 Å². The molecule has 0 unspecified atom stereocenters. The van der Waals surface area contributed by atoms with Gasteiger partial charge < -0.3 is 14.9 Å². The van der Waals surface area contributed by atoms with Gasteiger partial charge in [-0.05, 0) is 12.1 Å². The van der Waals surface area contributed by atoms with Crippen LogP contribution in [0.3, 0.4) is 0 Å². The van der Waals surface area contributed by atoms with Crippen LogP contribution < -0.4 is 5.43 Å². The topological polar surface area (TPSA) is 83.8 Å². The van der Waals surface area contributed by atoms with Gasteiger partial charge in [-0.3, -0.25) is 4.79 Å². The number of cyclic esters (lactones) is 1. The van der Waals surface area contributed by atoms with E-state index in [4.69, 9.17) is 5.11 Å². The van der Waals surface area contributed by atoms with Gasteiger partial charge in [0.25, 0.3) is 5.43 Å². The summed E-state index contributed by atoms with van der Waals surface area (Å²) in [6, 6.07) is 2.13. The molecule has 0 fully saturated rings. The fraction of sp³-hybridized carbons (Fsp3) is 0.111. The Morgan fingerprint density at radius 2 is 1.79 bits per heavy atom. The maximum absolute atomic E-state index is 11.1. The number of carbonyl (C=O) groups is 1. The summed E-state index contributed by atoms with van der Waals surface area (Å²) in [6.07, 6.45) is 0. The largest absolute Gasteiger partial charge is 0.504 e. The van der Waals surface area contributed by atoms with Crippen LogP contribution in [-0.4, -0.2) is 16.2 Å². The molecular formula is C9H6O5. The van der Waals surface area contributed by atoms with E-state index >= 15 is 0 Å². The molecule has 1 heterocycles. The van der Waals surface area contributed by atoms with E-state index in [1.807, 2.05) is 0 Å². The summed E-state index contributed by atoms with van der Waals surface area (Å²) in [5.74, 6) is -1.87. The molecule has 0 saturated heterocycles. The summed E-state index contributed by atoms with van der Waals surface area (Å²) in [7, 11) is 0. The van der Waals surface area contributed by atoms with Crippen LogP contribution >= 0.6 is 0 Å². The lowest BCUT2D eigenvalue weighted by atomic mass is 10.2. The van der Waals surface area contributed by atoms with E-state index in [-0.39, 0.29) is 12.2 Å². The van der Waals surface area contributed by atoms with Crippen molar-refractivity contribution in [3.05, 3.63) is 33.5 Å². The van der Waals surface area contributed by atoms with Gasteiger partial charge in [0.2, 0.25) is 0 Å². The number of fused-ring (bicyclic) bond motifs is 1. The molecule has 0 bridgehead atoms. The Balaban J connectivity index is 2.83. The maximum Gasteiger partial charge on any atom is 0.339 e. The van der Waals surface area contributed by atoms with Crippen molar-refractivity contribution in [2.75, 3.05) is 0 Å². The number of aromatic hydroxyl groups is 2. The number of carbonyl (C=O) groups excluding carboxylic acids is 1. The van der Waals surface area contributed by atoms with Gasteiger partial charge in [0, 0.05) is 5.56 Å². The first kappa shape index (κ1) is 8.55. The normalized spacial score (nSPS) is 13.6. The molecule has 2 rings (SSSR count). The smallest absolute Gasteiger partial charge is 0.339 e. The highest BCUT2D eigenvalue weighted by Gasteiger charge is 2.22. The van der Waals surface area contributed by atoms with Crippen LogP contribution in [0.15, 0.2) is 16.9 Å². The van der Waals surface area contributed by atoms with Crippen molar-refractivity contribution in [1.82, 2.24) is 0 Å². The van der Waals surface area contributed by atoms with Crippen molar-refractivity contribution in [2.45, 2.75) is 6.61 Å². The minimum Gasteiger partial charge on any atom is -0.504 e. The van der Waals surface area contributed by atoms with Crippen LogP contribution in [0.2, 0.25) is 0 Å². The van der Waals surface area contributed by atoms with Crippen LogP contribution in [0.25, 0.3) is 0 Å². The predicted octanol–water partition coefficient (Wildman–Crippen LogP) is 0.128. The fourth-order valence-corrected chi connectivity index (χ4v) is 1.26. The van der Waals surface area contributed by atoms with E-state index in [2.05, 4.69) is 4.74 Å². The molecule has 1 aromatic carbocycles. The molecule has 0 atom stereocenters. The lowest BCUT2D eigenvalue weighted by molar-refractivity contribution is 0.0534. The van der Waals surface area contributed by atoms with Crippen molar-refractivity contribution in [1.29, 1.82) is 0 Å². The van der Waals surface area contributed by atoms with Gasteiger partial charge in [-0.2, -0.15) is 0 Å². The summed E-state index contributed by atoms with van der Waals surface area (Å²) < 4.78 is 4.65. The van der Waals surface area contributed by atoms with Gasteiger partial charge in [0.15, 0.2) is 11.5 Å². The quantitative estimate of drug-likeness (QED) is 0.573. The third kappa shape index (κ3) is 1.10. The number of hydrogen-bond acceptors (Lipinski definition) is 5. The summed E-state index contributed by atoms with van der Waals surface area (Å²) in [6.45, 7) is 0.00921. The fourth-order valence-electron chi connectivity index (χ4n) is 1.26. The van der Waals surface area contributed by atoms with Crippen molar-refractivity contribution in [3.8, 4) is 11.5 Å². The van der Waals surface area contributed by atoms with Gasteiger partial charge in [-0.1, -0.05) is 0 Å². The Kier molecular flexibility index (Phi) is 1.67. The SMILES string of the molecule is O=C1OCc2cc(O)c(=O)c(O)cc21. The van der Waals surface area contributed by atoms with Gasteiger partial charge in [-0.25, -0.2) is 4.79 Å². The lowest BCUT2D eigenvalue weighted by Gasteiger charge is -1.88. The molecule has 1 aliphatic heterocycles. The second kappa shape index (κ2) is 2.73. The molecule has 0 spiro atoms. The summed E-state index contributed by atoms with van der Waals surface area (Å²) in [4.78, 5) is 22.1. The Morgan fingerprint density at radius 1 is 1.14 bits per heavy atom. The molecule has 0 aliphatic carbocycles. The number of hydrogen-bond donors (Lipinski definition) is 2. The number of ether oxygens (including phenoxy) is 1. The molecule has 0 amide bonds. The molecule has 5 nitrogen and oxygen atoms in total. The zero-order valence-corrected chi connectivity index (χ0v) is 6.98. The molecule has 0 saturated carbocycles. The minimum absolute atomic E-state index is 0.00921. The van der Waals surface area contributed by atoms with E-state index in [0.29, 0.717) is 5.56 Å². The van der Waals surface area contributed by atoms with E-state index in [1.165, 1.54) is 0 Å². The Hall–Kier alpha value is -2.04. The third-order valence-corrected chi connectivity index (χ3v) is 1.98. The van der Waals surface area contributed by atoms with E-state index < -0.39 is 22.9 Å². The first-order chi connectivity index (χ1) is 6.59. The summed E-state index contributed by atoms with van der Waals surface area (Å²) >= 11 is 0. The van der Waals surface area contributed by atoms with Crippen LogP contribution in [0, 0.1) is 0 Å². The second-order valence-corrected chi connectivity index (χ2v) is 2.90. The van der Waals surface area contributed by atoms with Crippen LogP contribution in [0.1, 0.15) is 15.9 Å². The van der Waals surface area contributed by atoms with E-state index in [9.17, 15) is 14.7 Å². The zero-order chi connectivity index (χ0) is 10.3. The predicted molar refractivity (Wildman–Crippen MR) is 45.2 cm³/mol. The van der Waals surface area contributed by atoms with Crippen molar-refractivity contribution in [3.63, 3.8) is 0 Å². The molecule has 5 heteroatoms. The van der Waals surface area contributed by atoms with E-state index in [0.717, 1.165) is 12.1 Å². The molecule has 1 aromatic rings. The van der Waals surface area contributed by atoms with Crippen LogP contribution in [0.5, 0.6) is 11.5 Å². The Labute approximate surface area is 78.2 Å². The zero-order valence-electron chi connectivity index (χ0n) is 6.98.